The molecular weight excluding hydrogens is 299 g/mol. The van der Waals surface area contributed by atoms with Gasteiger partial charge >= 0.3 is 0 Å². The molecule has 0 radical (unpaired) electrons. The fraction of sp³-hybridized carbons (Fsp3) is 0.143. The number of aromatic hydroxyl groups is 1. The minimum atomic E-state index is -0.318. The monoisotopic (exact) mass is 310 g/mol. The van der Waals surface area contributed by atoms with Gasteiger partial charge in [0.25, 0.3) is 0 Å². The largest absolute Gasteiger partial charge is 0.508 e. The highest BCUT2D eigenvalue weighted by atomic mass is 79.9. The van der Waals surface area contributed by atoms with Crippen LogP contribution >= 0.6 is 15.9 Å². The van der Waals surface area contributed by atoms with Crippen molar-refractivity contribution in [3.63, 3.8) is 0 Å². The molecule has 0 fully saturated rings. The van der Waals surface area contributed by atoms with Gasteiger partial charge in [0.05, 0.1) is 0 Å². The molecule has 2 rings (SSSR count). The molecule has 0 amide bonds. The van der Waals surface area contributed by atoms with Crippen LogP contribution in [0.5, 0.6) is 11.5 Å². The first-order valence-electron chi connectivity index (χ1n) is 5.42. The lowest BCUT2D eigenvalue weighted by molar-refractivity contribution is 0.298. The first-order valence-corrected chi connectivity index (χ1v) is 6.21. The van der Waals surface area contributed by atoms with Crippen LogP contribution in [0.4, 0.5) is 4.39 Å². The summed E-state index contributed by atoms with van der Waals surface area (Å²) < 4.78 is 19.7. The lowest BCUT2D eigenvalue weighted by atomic mass is 10.2. The normalized spacial score (nSPS) is 10.4. The number of ether oxygens (including phenoxy) is 1. The van der Waals surface area contributed by atoms with E-state index in [1.165, 1.54) is 12.1 Å². The third kappa shape index (κ3) is 3.23. The first-order chi connectivity index (χ1) is 8.54. The highest BCUT2D eigenvalue weighted by Crippen LogP contribution is 2.23. The molecule has 0 heterocycles. The maximum Gasteiger partial charge on any atom is 0.130 e. The van der Waals surface area contributed by atoms with E-state index in [4.69, 9.17) is 4.74 Å². The second-order valence-corrected chi connectivity index (χ2v) is 4.94. The van der Waals surface area contributed by atoms with Gasteiger partial charge in [-0.15, -0.1) is 0 Å². The van der Waals surface area contributed by atoms with Gasteiger partial charge in [-0.1, -0.05) is 22.0 Å². The predicted octanol–water partition coefficient (Wildman–Crippen LogP) is 4.18. The number of aryl methyl sites for hydroxylation is 1. The summed E-state index contributed by atoms with van der Waals surface area (Å²) in [5.41, 5.74) is 1.36. The lowest BCUT2D eigenvalue weighted by Gasteiger charge is -2.08. The average molecular weight is 311 g/mol. The van der Waals surface area contributed by atoms with Gasteiger partial charge in [-0.2, -0.15) is 0 Å². The lowest BCUT2D eigenvalue weighted by Crippen LogP contribution is -1.98. The minimum Gasteiger partial charge on any atom is -0.508 e. The van der Waals surface area contributed by atoms with E-state index in [-0.39, 0.29) is 18.2 Å². The Hall–Kier alpha value is -1.55. The van der Waals surface area contributed by atoms with E-state index < -0.39 is 0 Å². The van der Waals surface area contributed by atoms with Crippen molar-refractivity contribution in [1.29, 1.82) is 0 Å². The van der Waals surface area contributed by atoms with E-state index in [2.05, 4.69) is 15.9 Å². The second kappa shape index (κ2) is 5.40. The molecule has 0 saturated carbocycles. The highest BCUT2D eigenvalue weighted by Gasteiger charge is 2.04. The van der Waals surface area contributed by atoms with Crippen LogP contribution in [0, 0.1) is 12.7 Å². The molecule has 1 N–H and O–H groups in total. The molecule has 0 atom stereocenters. The molecule has 18 heavy (non-hydrogen) atoms. The summed E-state index contributed by atoms with van der Waals surface area (Å²) in [7, 11) is 0. The summed E-state index contributed by atoms with van der Waals surface area (Å²) in [5.74, 6) is 0.345. The summed E-state index contributed by atoms with van der Waals surface area (Å²) in [6.45, 7) is 1.98. The van der Waals surface area contributed by atoms with Gasteiger partial charge in [-0.05, 0) is 36.8 Å². The molecule has 0 bridgehead atoms. The van der Waals surface area contributed by atoms with Crippen molar-refractivity contribution in [3.05, 3.63) is 57.8 Å². The van der Waals surface area contributed by atoms with Crippen molar-refractivity contribution in [3.8, 4) is 11.5 Å². The van der Waals surface area contributed by atoms with Crippen molar-refractivity contribution in [1.82, 2.24) is 0 Å². The maximum absolute atomic E-state index is 13.6. The van der Waals surface area contributed by atoms with Crippen LogP contribution in [0.25, 0.3) is 0 Å². The molecule has 94 valence electrons. The second-order valence-electron chi connectivity index (χ2n) is 4.03. The molecule has 0 aliphatic rings. The summed E-state index contributed by atoms with van der Waals surface area (Å²) in [4.78, 5) is 0. The van der Waals surface area contributed by atoms with Crippen LogP contribution in [-0.4, -0.2) is 5.11 Å². The zero-order valence-electron chi connectivity index (χ0n) is 9.78. The zero-order chi connectivity index (χ0) is 13.1. The number of hydrogen-bond acceptors (Lipinski definition) is 2. The van der Waals surface area contributed by atoms with Gasteiger partial charge in [0.1, 0.15) is 23.9 Å². The summed E-state index contributed by atoms with van der Waals surface area (Å²) in [5, 5.41) is 9.42. The van der Waals surface area contributed by atoms with E-state index in [1.54, 1.807) is 24.3 Å². The van der Waals surface area contributed by atoms with Crippen LogP contribution in [-0.2, 0) is 6.61 Å². The SMILES string of the molecule is Cc1cc(O)cc(OCc2ccc(Br)cc2F)c1. The summed E-state index contributed by atoms with van der Waals surface area (Å²) in [6.07, 6.45) is 0. The Morgan fingerprint density at radius 2 is 2.00 bits per heavy atom. The fourth-order valence-electron chi connectivity index (χ4n) is 1.61. The van der Waals surface area contributed by atoms with Gasteiger partial charge < -0.3 is 9.84 Å². The Bertz CT molecular complexity index is 549. The molecule has 0 saturated heterocycles. The molecule has 2 aromatic rings. The van der Waals surface area contributed by atoms with E-state index in [0.717, 1.165) is 5.56 Å². The summed E-state index contributed by atoms with van der Waals surface area (Å²) >= 11 is 3.20. The number of halogens is 2. The van der Waals surface area contributed by atoms with E-state index in [9.17, 15) is 9.50 Å². The smallest absolute Gasteiger partial charge is 0.130 e. The molecular formula is C14H12BrFO2. The van der Waals surface area contributed by atoms with Crippen LogP contribution in [0.3, 0.4) is 0 Å². The Morgan fingerprint density at radius 1 is 1.22 bits per heavy atom. The highest BCUT2D eigenvalue weighted by molar-refractivity contribution is 9.10. The summed E-state index contributed by atoms with van der Waals surface area (Å²) in [6, 6.07) is 9.74. The number of rotatable bonds is 3. The van der Waals surface area contributed by atoms with Gasteiger partial charge in [-0.25, -0.2) is 4.39 Å². The average Bonchev–Trinajstić information content (AvgIpc) is 2.26. The Labute approximate surface area is 113 Å². The Kier molecular flexibility index (Phi) is 3.87. The first kappa shape index (κ1) is 12.9. The number of phenolic OH excluding ortho intramolecular Hbond substituents is 1. The standard InChI is InChI=1S/C14H12BrFO2/c1-9-4-12(17)7-13(5-9)18-8-10-2-3-11(15)6-14(10)16/h2-7,17H,8H2,1H3. The predicted molar refractivity (Wildman–Crippen MR) is 71.3 cm³/mol. The third-order valence-corrected chi connectivity index (χ3v) is 2.94. The Balaban J connectivity index is 2.11. The van der Waals surface area contributed by atoms with Crippen LogP contribution in [0.2, 0.25) is 0 Å². The number of hydrogen-bond donors (Lipinski definition) is 1. The third-order valence-electron chi connectivity index (χ3n) is 2.45. The number of phenols is 1. The zero-order valence-corrected chi connectivity index (χ0v) is 11.4. The quantitative estimate of drug-likeness (QED) is 0.921. The molecule has 2 nitrogen and oxygen atoms in total. The molecule has 2 aromatic carbocycles. The van der Waals surface area contributed by atoms with Gasteiger partial charge in [0.15, 0.2) is 0 Å². The van der Waals surface area contributed by atoms with E-state index >= 15 is 0 Å². The van der Waals surface area contributed by atoms with Gasteiger partial charge in [0.2, 0.25) is 0 Å². The molecule has 4 heteroatoms. The van der Waals surface area contributed by atoms with Crippen molar-refractivity contribution in [2.45, 2.75) is 13.5 Å². The fourth-order valence-corrected chi connectivity index (χ4v) is 1.94. The van der Waals surface area contributed by atoms with Crippen LogP contribution in [0.1, 0.15) is 11.1 Å². The molecule has 0 aromatic heterocycles. The number of benzene rings is 2. The van der Waals surface area contributed by atoms with Crippen LogP contribution in [0.15, 0.2) is 40.9 Å². The van der Waals surface area contributed by atoms with Gasteiger partial charge in [-0.3, -0.25) is 0 Å². The molecule has 0 unspecified atom stereocenters. The Morgan fingerprint density at radius 3 is 2.67 bits per heavy atom. The van der Waals surface area contributed by atoms with Crippen molar-refractivity contribution >= 4 is 15.9 Å². The molecule has 0 aliphatic heterocycles. The van der Waals surface area contributed by atoms with Crippen molar-refractivity contribution in [2.24, 2.45) is 0 Å². The van der Waals surface area contributed by atoms with Crippen LogP contribution < -0.4 is 4.74 Å². The van der Waals surface area contributed by atoms with Gasteiger partial charge in [0, 0.05) is 16.1 Å². The maximum atomic E-state index is 13.6. The molecule has 0 spiro atoms. The van der Waals surface area contributed by atoms with E-state index in [0.29, 0.717) is 15.8 Å². The topological polar surface area (TPSA) is 29.5 Å². The van der Waals surface area contributed by atoms with E-state index in [1.807, 2.05) is 6.92 Å². The van der Waals surface area contributed by atoms with Crippen molar-refractivity contribution < 1.29 is 14.2 Å². The van der Waals surface area contributed by atoms with Crippen molar-refractivity contribution in [2.75, 3.05) is 0 Å². The minimum absolute atomic E-state index is 0.127. The molecule has 0 aliphatic carbocycles.